The molecule has 0 unspecified atom stereocenters. The van der Waals surface area contributed by atoms with Crippen LogP contribution in [0.1, 0.15) is 72.2 Å². The SMILES string of the molecule is CC1(C)c2ccccc2-c2ccc(N(c3ccc(-c4ccccc4)cc3)c3cccc(-c4ccc5c(c4)C4(c6ccccc6-5)c5ccccc5C(C)(C)c5ccccc54)c3)cc21. The highest BCUT2D eigenvalue weighted by Crippen LogP contribution is 2.62. The molecule has 0 bridgehead atoms. The first kappa shape index (κ1) is 36.6. The molecule has 0 saturated carbocycles. The Morgan fingerprint density at radius 3 is 1.39 bits per heavy atom. The van der Waals surface area contributed by atoms with Gasteiger partial charge in [0.1, 0.15) is 0 Å². The molecule has 0 saturated heterocycles. The highest BCUT2D eigenvalue weighted by atomic mass is 15.1. The minimum absolute atomic E-state index is 0.115. The van der Waals surface area contributed by atoms with Crippen molar-refractivity contribution in [3.05, 3.63) is 257 Å². The third kappa shape index (κ3) is 5.09. The lowest BCUT2D eigenvalue weighted by Crippen LogP contribution is -2.40. The summed E-state index contributed by atoms with van der Waals surface area (Å²) in [4.78, 5) is 2.44. The van der Waals surface area contributed by atoms with Crippen molar-refractivity contribution in [1.82, 2.24) is 0 Å². The van der Waals surface area contributed by atoms with E-state index in [0.29, 0.717) is 0 Å². The molecule has 0 aliphatic heterocycles. The minimum Gasteiger partial charge on any atom is -0.310 e. The molecular weight excluding hydrogens is 747 g/mol. The van der Waals surface area contributed by atoms with E-state index in [9.17, 15) is 0 Å². The maximum Gasteiger partial charge on any atom is 0.0719 e. The number of hydrogen-bond acceptors (Lipinski definition) is 1. The van der Waals surface area contributed by atoms with Crippen LogP contribution in [0.3, 0.4) is 0 Å². The highest BCUT2D eigenvalue weighted by molar-refractivity contribution is 5.91. The zero-order valence-electron chi connectivity index (χ0n) is 35.7. The van der Waals surface area contributed by atoms with E-state index in [1.165, 1.54) is 89.0 Å². The number of anilines is 3. The van der Waals surface area contributed by atoms with Gasteiger partial charge in [0.2, 0.25) is 0 Å². The molecule has 0 aromatic heterocycles. The molecule has 0 heterocycles. The second kappa shape index (κ2) is 13.4. The van der Waals surface area contributed by atoms with Gasteiger partial charge in [-0.2, -0.15) is 0 Å². The standard InChI is InChI=1S/C61H47N/c1-59(2)51-23-10-8-21-47(51)49-36-34-46(39-57(49)59)62(44-32-29-41(30-33-44)40-17-6-5-7-18-40)45-20-16-19-42(37-45)43-31-35-50-48-22-9-11-24-52(48)61(58(50)38-43)55-27-14-12-25-53(55)60(3,4)54-26-13-15-28-56(54)61/h5-39H,1-4H3. The zero-order valence-corrected chi connectivity index (χ0v) is 35.7. The third-order valence-corrected chi connectivity index (χ3v) is 14.5. The topological polar surface area (TPSA) is 3.24 Å². The van der Waals surface area contributed by atoms with Gasteiger partial charge in [0.15, 0.2) is 0 Å². The van der Waals surface area contributed by atoms with Crippen LogP contribution in [0.5, 0.6) is 0 Å². The van der Waals surface area contributed by atoms with E-state index in [2.05, 4.69) is 245 Å². The Bertz CT molecular complexity index is 3190. The summed E-state index contributed by atoms with van der Waals surface area (Å²) in [6.45, 7) is 9.51. The average Bonchev–Trinajstić information content (AvgIpc) is 3.74. The lowest BCUT2D eigenvalue weighted by molar-refractivity contribution is 0.563. The van der Waals surface area contributed by atoms with Crippen LogP contribution in [0, 0.1) is 0 Å². The van der Waals surface area contributed by atoms with Gasteiger partial charge in [-0.15, -0.1) is 0 Å². The Balaban J connectivity index is 1.04. The van der Waals surface area contributed by atoms with Gasteiger partial charge in [-0.25, -0.2) is 0 Å². The summed E-state index contributed by atoms with van der Waals surface area (Å²) in [6.07, 6.45) is 0. The van der Waals surface area contributed by atoms with E-state index in [0.717, 1.165) is 17.1 Å². The first-order valence-electron chi connectivity index (χ1n) is 22.0. The monoisotopic (exact) mass is 793 g/mol. The van der Waals surface area contributed by atoms with Crippen molar-refractivity contribution in [2.24, 2.45) is 0 Å². The third-order valence-electron chi connectivity index (χ3n) is 14.5. The van der Waals surface area contributed by atoms with Crippen LogP contribution in [0.25, 0.3) is 44.5 Å². The molecule has 9 aromatic carbocycles. The van der Waals surface area contributed by atoms with Crippen LogP contribution < -0.4 is 4.90 Å². The van der Waals surface area contributed by atoms with Crippen molar-refractivity contribution in [3.63, 3.8) is 0 Å². The number of rotatable bonds is 5. The van der Waals surface area contributed by atoms with Gasteiger partial charge in [-0.3, -0.25) is 0 Å². The van der Waals surface area contributed by atoms with Crippen LogP contribution in [0.2, 0.25) is 0 Å². The number of fused-ring (bicyclic) bond motifs is 12. The molecule has 0 fully saturated rings. The molecule has 3 aliphatic rings. The predicted octanol–water partition coefficient (Wildman–Crippen LogP) is 15.8. The van der Waals surface area contributed by atoms with Gasteiger partial charge < -0.3 is 4.90 Å². The molecule has 3 aliphatic carbocycles. The number of nitrogens with zero attached hydrogens (tertiary/aromatic N) is 1. The summed E-state index contributed by atoms with van der Waals surface area (Å²) in [6, 6.07) is 79.6. The van der Waals surface area contributed by atoms with Gasteiger partial charge in [0.25, 0.3) is 0 Å². The maximum absolute atomic E-state index is 2.51. The van der Waals surface area contributed by atoms with Crippen molar-refractivity contribution >= 4 is 17.1 Å². The normalized spacial score (nSPS) is 15.2. The molecule has 9 aromatic rings. The van der Waals surface area contributed by atoms with Crippen LogP contribution >= 0.6 is 0 Å². The van der Waals surface area contributed by atoms with Crippen molar-refractivity contribution in [2.45, 2.75) is 43.9 Å². The summed E-state index contributed by atoms with van der Waals surface area (Å²) in [7, 11) is 0. The molecule has 12 rings (SSSR count). The van der Waals surface area contributed by atoms with Crippen LogP contribution in [0.4, 0.5) is 17.1 Å². The molecular formula is C61H47N. The van der Waals surface area contributed by atoms with Gasteiger partial charge in [-0.1, -0.05) is 198 Å². The predicted molar refractivity (Wildman–Crippen MR) is 259 cm³/mol. The Hall–Kier alpha value is -7.22. The molecule has 62 heavy (non-hydrogen) atoms. The lowest BCUT2D eigenvalue weighted by Gasteiger charge is -2.46. The van der Waals surface area contributed by atoms with Crippen molar-refractivity contribution < 1.29 is 0 Å². The summed E-state index contributed by atoms with van der Waals surface area (Å²) in [5, 5.41) is 0. The molecule has 296 valence electrons. The fourth-order valence-corrected chi connectivity index (χ4v) is 11.6. The first-order chi connectivity index (χ1) is 30.3. The van der Waals surface area contributed by atoms with E-state index in [4.69, 9.17) is 0 Å². The fraction of sp³-hybridized carbons (Fsp3) is 0.115. The Morgan fingerprint density at radius 1 is 0.258 bits per heavy atom. The van der Waals surface area contributed by atoms with Crippen molar-refractivity contribution in [3.8, 4) is 44.5 Å². The van der Waals surface area contributed by atoms with Gasteiger partial charge >= 0.3 is 0 Å². The van der Waals surface area contributed by atoms with Gasteiger partial charge in [0.05, 0.1) is 5.41 Å². The van der Waals surface area contributed by atoms with Crippen LogP contribution in [-0.4, -0.2) is 0 Å². The summed E-state index contributed by atoms with van der Waals surface area (Å²) >= 11 is 0. The average molecular weight is 794 g/mol. The van der Waals surface area contributed by atoms with Crippen molar-refractivity contribution in [1.29, 1.82) is 0 Å². The fourth-order valence-electron chi connectivity index (χ4n) is 11.6. The summed E-state index contributed by atoms with van der Waals surface area (Å²) in [5.74, 6) is 0. The van der Waals surface area contributed by atoms with Gasteiger partial charge in [-0.05, 0) is 131 Å². The maximum atomic E-state index is 2.51. The Morgan fingerprint density at radius 2 is 0.694 bits per heavy atom. The van der Waals surface area contributed by atoms with E-state index in [-0.39, 0.29) is 10.8 Å². The minimum atomic E-state index is -0.441. The molecule has 0 amide bonds. The molecule has 0 radical (unpaired) electrons. The highest BCUT2D eigenvalue weighted by Gasteiger charge is 2.53. The number of hydrogen-bond donors (Lipinski definition) is 0. The second-order valence-electron chi connectivity index (χ2n) is 18.5. The summed E-state index contributed by atoms with van der Waals surface area (Å²) in [5.41, 5.74) is 23.8. The second-order valence-corrected chi connectivity index (χ2v) is 18.5. The van der Waals surface area contributed by atoms with E-state index in [1.54, 1.807) is 0 Å². The zero-order chi connectivity index (χ0) is 41.8. The number of benzene rings is 9. The molecule has 1 nitrogen and oxygen atoms in total. The summed E-state index contributed by atoms with van der Waals surface area (Å²) < 4.78 is 0. The van der Waals surface area contributed by atoms with Crippen molar-refractivity contribution in [2.75, 3.05) is 4.90 Å². The van der Waals surface area contributed by atoms with E-state index in [1.807, 2.05) is 0 Å². The quantitative estimate of drug-likeness (QED) is 0.168. The molecule has 0 atom stereocenters. The van der Waals surface area contributed by atoms with E-state index >= 15 is 0 Å². The first-order valence-corrected chi connectivity index (χ1v) is 22.0. The Labute approximate surface area is 365 Å². The molecule has 1 heteroatoms. The van der Waals surface area contributed by atoms with Crippen LogP contribution in [0.15, 0.2) is 212 Å². The van der Waals surface area contributed by atoms with Gasteiger partial charge in [0, 0.05) is 27.9 Å². The Kier molecular flexibility index (Phi) is 7.91. The molecule has 1 spiro atoms. The van der Waals surface area contributed by atoms with E-state index < -0.39 is 5.41 Å². The van der Waals surface area contributed by atoms with Crippen LogP contribution in [-0.2, 0) is 16.2 Å². The lowest BCUT2D eigenvalue weighted by atomic mass is 9.55. The smallest absolute Gasteiger partial charge is 0.0719 e. The molecule has 0 N–H and O–H groups in total. The largest absolute Gasteiger partial charge is 0.310 e.